The van der Waals surface area contributed by atoms with Crippen molar-refractivity contribution in [1.82, 2.24) is 0 Å². The van der Waals surface area contributed by atoms with Crippen molar-refractivity contribution in [2.24, 2.45) is 0 Å². The van der Waals surface area contributed by atoms with Crippen LogP contribution in [-0.4, -0.2) is 37.1 Å². The Morgan fingerprint density at radius 2 is 1.90 bits per heavy atom. The Kier molecular flexibility index (Phi) is 8.16. The van der Waals surface area contributed by atoms with Gasteiger partial charge in [0.15, 0.2) is 12.4 Å². The lowest BCUT2D eigenvalue weighted by Crippen LogP contribution is -2.22. The van der Waals surface area contributed by atoms with Gasteiger partial charge >= 0.3 is 11.7 Å². The van der Waals surface area contributed by atoms with Gasteiger partial charge in [-0.2, -0.15) is 0 Å². The minimum Gasteiger partial charge on any atom is -0.490 e. The van der Waals surface area contributed by atoms with E-state index in [1.165, 1.54) is 19.2 Å². The van der Waals surface area contributed by atoms with Crippen molar-refractivity contribution in [3.05, 3.63) is 57.6 Å². The Bertz CT molecular complexity index is 929. The number of para-hydroxylation sites is 1. The fraction of sp³-hybridized carbons (Fsp3) is 0.333. The number of unbranched alkanes of at least 4 members (excludes halogenated alkanes) is 1. The highest BCUT2D eigenvalue weighted by Crippen LogP contribution is 2.32. The van der Waals surface area contributed by atoms with E-state index in [0.29, 0.717) is 22.5 Å². The van der Waals surface area contributed by atoms with Gasteiger partial charge in [-0.1, -0.05) is 25.5 Å². The summed E-state index contributed by atoms with van der Waals surface area (Å²) in [6.45, 7) is 3.92. The average Bonchev–Trinajstić information content (AvgIpc) is 2.73. The van der Waals surface area contributed by atoms with Gasteiger partial charge in [0.25, 0.3) is 5.91 Å². The molecule has 0 atom stereocenters. The molecule has 160 valence electrons. The Morgan fingerprint density at radius 1 is 1.17 bits per heavy atom. The van der Waals surface area contributed by atoms with Crippen LogP contribution in [0.3, 0.4) is 0 Å². The number of esters is 1. The zero-order valence-electron chi connectivity index (χ0n) is 17.2. The van der Waals surface area contributed by atoms with E-state index in [1.807, 2.05) is 6.07 Å². The zero-order valence-corrected chi connectivity index (χ0v) is 17.2. The Balaban J connectivity index is 2.02. The number of ether oxygens (including phenoxy) is 2. The molecular formula is C21H25N3O6. The lowest BCUT2D eigenvalue weighted by molar-refractivity contribution is -0.385. The molecule has 0 radical (unpaired) electrons. The van der Waals surface area contributed by atoms with Gasteiger partial charge in [0, 0.05) is 30.1 Å². The summed E-state index contributed by atoms with van der Waals surface area (Å²) in [4.78, 5) is 35.1. The van der Waals surface area contributed by atoms with Gasteiger partial charge in [0.2, 0.25) is 0 Å². The zero-order chi connectivity index (χ0) is 22.1. The van der Waals surface area contributed by atoms with Crippen LogP contribution in [-0.2, 0) is 9.53 Å². The van der Waals surface area contributed by atoms with Crippen LogP contribution < -0.4 is 15.4 Å². The molecule has 0 heterocycles. The van der Waals surface area contributed by atoms with Crippen LogP contribution in [0.5, 0.6) is 5.75 Å². The number of hydrogen-bond acceptors (Lipinski definition) is 7. The molecule has 9 heteroatoms. The van der Waals surface area contributed by atoms with Crippen molar-refractivity contribution >= 4 is 28.9 Å². The van der Waals surface area contributed by atoms with Gasteiger partial charge in [-0.25, -0.2) is 4.79 Å². The minimum absolute atomic E-state index is 0.0185. The molecular weight excluding hydrogens is 390 g/mol. The fourth-order valence-electron chi connectivity index (χ4n) is 2.72. The van der Waals surface area contributed by atoms with Crippen LogP contribution in [0.25, 0.3) is 0 Å². The number of nitrogens with zero attached hydrogens (tertiary/aromatic N) is 1. The number of hydrogen-bond donors (Lipinski definition) is 2. The van der Waals surface area contributed by atoms with E-state index < -0.39 is 23.4 Å². The van der Waals surface area contributed by atoms with Crippen LogP contribution in [0.15, 0.2) is 36.4 Å². The fourth-order valence-corrected chi connectivity index (χ4v) is 2.72. The van der Waals surface area contributed by atoms with Crippen molar-refractivity contribution in [2.75, 3.05) is 30.9 Å². The Labute approximate surface area is 174 Å². The number of nitro benzene ring substituents is 1. The van der Waals surface area contributed by atoms with Gasteiger partial charge in [0.1, 0.15) is 0 Å². The van der Waals surface area contributed by atoms with E-state index in [2.05, 4.69) is 17.6 Å². The number of nitrogens with one attached hydrogen (secondary N) is 2. The monoisotopic (exact) mass is 415 g/mol. The quantitative estimate of drug-likeness (QED) is 0.261. The van der Waals surface area contributed by atoms with E-state index >= 15 is 0 Å². The van der Waals surface area contributed by atoms with Gasteiger partial charge in [-0.15, -0.1) is 0 Å². The second-order valence-electron chi connectivity index (χ2n) is 6.55. The molecule has 0 aliphatic carbocycles. The second-order valence-corrected chi connectivity index (χ2v) is 6.55. The van der Waals surface area contributed by atoms with Crippen molar-refractivity contribution in [3.63, 3.8) is 0 Å². The Hall–Kier alpha value is -3.62. The topological polar surface area (TPSA) is 120 Å². The molecule has 0 aliphatic heterocycles. The van der Waals surface area contributed by atoms with Crippen LogP contribution in [0.1, 0.15) is 35.7 Å². The molecule has 2 aromatic rings. The number of aryl methyl sites for hydroxylation is 1. The van der Waals surface area contributed by atoms with Crippen molar-refractivity contribution < 1.29 is 24.0 Å². The highest BCUT2D eigenvalue weighted by molar-refractivity contribution is 5.98. The summed E-state index contributed by atoms with van der Waals surface area (Å²) in [5.41, 5.74) is 1.60. The first-order valence-electron chi connectivity index (χ1n) is 9.50. The standard InChI is InChI=1S/C21H25N3O6/c1-4-5-10-22-16-9-7-6-8-15(16)21(26)30-13-20(25)23-17-12-19(29-3)18(24(27)28)11-14(17)2/h6-9,11-12,22H,4-5,10,13H2,1-3H3,(H,23,25). The lowest BCUT2D eigenvalue weighted by Gasteiger charge is -2.13. The number of anilines is 2. The molecule has 0 unspecified atom stereocenters. The molecule has 0 fully saturated rings. The van der Waals surface area contributed by atoms with E-state index in [0.717, 1.165) is 19.4 Å². The number of carbonyl (C=O) groups excluding carboxylic acids is 2. The lowest BCUT2D eigenvalue weighted by atomic mass is 10.1. The summed E-state index contributed by atoms with van der Waals surface area (Å²) in [5, 5.41) is 16.8. The summed E-state index contributed by atoms with van der Waals surface area (Å²) < 4.78 is 10.1. The molecule has 0 saturated carbocycles. The third-order valence-corrected chi connectivity index (χ3v) is 4.32. The third kappa shape index (κ3) is 5.94. The van der Waals surface area contributed by atoms with E-state index in [1.54, 1.807) is 25.1 Å². The first-order valence-corrected chi connectivity index (χ1v) is 9.50. The van der Waals surface area contributed by atoms with E-state index in [-0.39, 0.29) is 11.4 Å². The summed E-state index contributed by atoms with van der Waals surface area (Å²) in [6.07, 6.45) is 1.98. The van der Waals surface area contributed by atoms with Gasteiger partial charge in [-0.05, 0) is 31.0 Å². The predicted octanol–water partition coefficient (Wildman–Crippen LogP) is 3.92. The maximum atomic E-state index is 12.4. The third-order valence-electron chi connectivity index (χ3n) is 4.32. The second kappa shape index (κ2) is 10.8. The number of benzene rings is 2. The van der Waals surface area contributed by atoms with Gasteiger partial charge in [0.05, 0.1) is 17.6 Å². The molecule has 0 aromatic heterocycles. The number of methoxy groups -OCH3 is 1. The SMILES string of the molecule is CCCCNc1ccccc1C(=O)OCC(=O)Nc1cc(OC)c([N+](=O)[O-])cc1C. The van der Waals surface area contributed by atoms with Crippen LogP contribution in [0.4, 0.5) is 17.1 Å². The van der Waals surface area contributed by atoms with Crippen LogP contribution in [0, 0.1) is 17.0 Å². The molecule has 30 heavy (non-hydrogen) atoms. The maximum Gasteiger partial charge on any atom is 0.340 e. The first-order chi connectivity index (χ1) is 14.4. The minimum atomic E-state index is -0.622. The molecule has 0 spiro atoms. The normalized spacial score (nSPS) is 10.2. The smallest absolute Gasteiger partial charge is 0.340 e. The number of rotatable bonds is 10. The number of amides is 1. The van der Waals surface area contributed by atoms with Crippen molar-refractivity contribution in [1.29, 1.82) is 0 Å². The molecule has 2 rings (SSSR count). The first kappa shape index (κ1) is 22.7. The molecule has 2 aromatic carbocycles. The molecule has 0 bridgehead atoms. The number of carbonyl (C=O) groups is 2. The summed E-state index contributed by atoms with van der Waals surface area (Å²) in [7, 11) is 1.30. The van der Waals surface area contributed by atoms with Crippen molar-refractivity contribution in [3.8, 4) is 5.75 Å². The average molecular weight is 415 g/mol. The number of nitro groups is 1. The largest absolute Gasteiger partial charge is 0.490 e. The molecule has 1 amide bonds. The van der Waals surface area contributed by atoms with E-state index in [9.17, 15) is 19.7 Å². The van der Waals surface area contributed by atoms with Crippen LogP contribution in [0.2, 0.25) is 0 Å². The van der Waals surface area contributed by atoms with Crippen molar-refractivity contribution in [2.45, 2.75) is 26.7 Å². The van der Waals surface area contributed by atoms with Gasteiger partial charge < -0.3 is 20.1 Å². The summed E-state index contributed by atoms with van der Waals surface area (Å²) in [6, 6.07) is 9.59. The highest BCUT2D eigenvalue weighted by Gasteiger charge is 2.19. The maximum absolute atomic E-state index is 12.4. The molecule has 2 N–H and O–H groups in total. The predicted molar refractivity (Wildman–Crippen MR) is 113 cm³/mol. The van der Waals surface area contributed by atoms with E-state index in [4.69, 9.17) is 9.47 Å². The highest BCUT2D eigenvalue weighted by atomic mass is 16.6. The summed E-state index contributed by atoms with van der Waals surface area (Å²) >= 11 is 0. The summed E-state index contributed by atoms with van der Waals surface area (Å²) in [5.74, 6) is -1.17. The Morgan fingerprint density at radius 3 is 2.57 bits per heavy atom. The molecule has 0 aliphatic rings. The van der Waals surface area contributed by atoms with Crippen LogP contribution >= 0.6 is 0 Å². The molecule has 9 nitrogen and oxygen atoms in total. The molecule has 0 saturated heterocycles. The van der Waals surface area contributed by atoms with Gasteiger partial charge in [-0.3, -0.25) is 14.9 Å².